The highest BCUT2D eigenvalue weighted by molar-refractivity contribution is 6.34. The van der Waals surface area contributed by atoms with Gasteiger partial charge >= 0.3 is 0 Å². The largest absolute Gasteiger partial charge is 0.348 e. The van der Waals surface area contributed by atoms with Crippen LogP contribution in [0.1, 0.15) is 15.9 Å². The summed E-state index contributed by atoms with van der Waals surface area (Å²) in [6, 6.07) is 11.4. The predicted molar refractivity (Wildman–Crippen MR) is 92.8 cm³/mol. The van der Waals surface area contributed by atoms with E-state index in [1.165, 1.54) is 12.1 Å². The van der Waals surface area contributed by atoms with E-state index in [2.05, 4.69) is 10.3 Å². The highest BCUT2D eigenvalue weighted by Crippen LogP contribution is 2.22. The van der Waals surface area contributed by atoms with Crippen LogP contribution in [0.15, 0.2) is 61.2 Å². The number of nitrogens with one attached hydrogen (secondary N) is 1. The molecule has 2 aromatic carbocycles. The molecule has 0 aliphatic heterocycles. The van der Waals surface area contributed by atoms with Gasteiger partial charge in [0.2, 0.25) is 0 Å². The summed E-state index contributed by atoms with van der Waals surface area (Å²) in [5.41, 5.74) is 1.92. The number of nitro groups is 1. The summed E-state index contributed by atoms with van der Waals surface area (Å²) >= 11 is 5.95. The fourth-order valence-electron chi connectivity index (χ4n) is 2.28. The van der Waals surface area contributed by atoms with Crippen LogP contribution >= 0.6 is 11.6 Å². The molecular formula is C17H13ClN4O3. The summed E-state index contributed by atoms with van der Waals surface area (Å²) in [7, 11) is 0. The highest BCUT2D eigenvalue weighted by Gasteiger charge is 2.14. The van der Waals surface area contributed by atoms with Gasteiger partial charge in [-0.15, -0.1) is 0 Å². The van der Waals surface area contributed by atoms with Crippen molar-refractivity contribution in [3.63, 3.8) is 0 Å². The number of imidazole rings is 1. The van der Waals surface area contributed by atoms with Crippen LogP contribution in [0.3, 0.4) is 0 Å². The van der Waals surface area contributed by atoms with Crippen LogP contribution in [0.25, 0.3) is 5.69 Å². The third kappa shape index (κ3) is 3.84. The van der Waals surface area contributed by atoms with E-state index in [0.29, 0.717) is 6.54 Å². The van der Waals surface area contributed by atoms with Crippen LogP contribution in [0, 0.1) is 10.1 Å². The van der Waals surface area contributed by atoms with E-state index >= 15 is 0 Å². The third-order valence-corrected chi connectivity index (χ3v) is 3.91. The Kier molecular flexibility index (Phi) is 4.76. The number of amides is 1. The van der Waals surface area contributed by atoms with Crippen molar-refractivity contribution in [1.82, 2.24) is 14.9 Å². The van der Waals surface area contributed by atoms with Gasteiger partial charge in [-0.05, 0) is 23.8 Å². The summed E-state index contributed by atoms with van der Waals surface area (Å²) < 4.78 is 1.87. The number of hydrogen-bond donors (Lipinski definition) is 1. The van der Waals surface area contributed by atoms with Crippen molar-refractivity contribution in [3.05, 3.63) is 87.4 Å². The first-order chi connectivity index (χ1) is 12.0. The van der Waals surface area contributed by atoms with E-state index < -0.39 is 10.8 Å². The fourth-order valence-corrected chi connectivity index (χ4v) is 2.54. The van der Waals surface area contributed by atoms with E-state index in [-0.39, 0.29) is 16.3 Å². The van der Waals surface area contributed by atoms with E-state index in [9.17, 15) is 14.9 Å². The standard InChI is InChI=1S/C17H13ClN4O3/c18-16-9-14(22(24)25)5-6-15(16)17(23)20-10-12-1-3-13(4-2-12)21-8-7-19-11-21/h1-9,11H,10H2,(H,20,23). The molecule has 0 fully saturated rings. The lowest BCUT2D eigenvalue weighted by Crippen LogP contribution is -2.23. The Bertz CT molecular complexity index is 908. The van der Waals surface area contributed by atoms with E-state index in [1.54, 1.807) is 12.5 Å². The van der Waals surface area contributed by atoms with E-state index in [1.807, 2.05) is 35.0 Å². The van der Waals surface area contributed by atoms with Crippen molar-refractivity contribution in [2.75, 3.05) is 0 Å². The molecule has 3 rings (SSSR count). The molecule has 1 amide bonds. The number of aromatic nitrogens is 2. The van der Waals surface area contributed by atoms with Crippen LogP contribution in [0.4, 0.5) is 5.69 Å². The van der Waals surface area contributed by atoms with Gasteiger partial charge in [0, 0.05) is 36.8 Å². The number of halogens is 1. The molecule has 0 aliphatic carbocycles. The second-order valence-corrected chi connectivity index (χ2v) is 5.65. The normalized spacial score (nSPS) is 10.4. The first-order valence-electron chi connectivity index (χ1n) is 7.34. The fraction of sp³-hybridized carbons (Fsp3) is 0.0588. The molecule has 3 aromatic rings. The molecule has 0 saturated carbocycles. The van der Waals surface area contributed by atoms with Crippen molar-refractivity contribution < 1.29 is 9.72 Å². The quantitative estimate of drug-likeness (QED) is 0.560. The van der Waals surface area contributed by atoms with Gasteiger partial charge in [-0.3, -0.25) is 14.9 Å². The molecule has 0 spiro atoms. The zero-order valence-corrected chi connectivity index (χ0v) is 13.7. The Hall–Kier alpha value is -3.19. The maximum absolute atomic E-state index is 12.2. The molecule has 25 heavy (non-hydrogen) atoms. The zero-order valence-electron chi connectivity index (χ0n) is 12.9. The van der Waals surface area contributed by atoms with Crippen molar-refractivity contribution in [3.8, 4) is 5.69 Å². The van der Waals surface area contributed by atoms with Gasteiger partial charge in [0.05, 0.1) is 21.8 Å². The second-order valence-electron chi connectivity index (χ2n) is 5.24. The molecule has 126 valence electrons. The van der Waals surface area contributed by atoms with Gasteiger partial charge in [-0.1, -0.05) is 23.7 Å². The zero-order chi connectivity index (χ0) is 17.8. The van der Waals surface area contributed by atoms with Gasteiger partial charge in [0.1, 0.15) is 0 Å². The minimum atomic E-state index is -0.560. The maximum Gasteiger partial charge on any atom is 0.270 e. The molecule has 0 bridgehead atoms. The van der Waals surface area contributed by atoms with Gasteiger partial charge in [-0.2, -0.15) is 0 Å². The number of benzene rings is 2. The summed E-state index contributed by atoms with van der Waals surface area (Å²) in [6.07, 6.45) is 5.24. The lowest BCUT2D eigenvalue weighted by atomic mass is 10.1. The Labute approximate surface area is 148 Å². The van der Waals surface area contributed by atoms with Crippen molar-refractivity contribution >= 4 is 23.2 Å². The molecule has 7 nitrogen and oxygen atoms in total. The molecule has 0 saturated heterocycles. The highest BCUT2D eigenvalue weighted by atomic mass is 35.5. The first-order valence-corrected chi connectivity index (χ1v) is 7.72. The molecule has 0 unspecified atom stereocenters. The number of rotatable bonds is 5. The monoisotopic (exact) mass is 356 g/mol. The summed E-state index contributed by atoms with van der Waals surface area (Å²) in [4.78, 5) is 26.3. The van der Waals surface area contributed by atoms with Crippen LogP contribution in [0.2, 0.25) is 5.02 Å². The van der Waals surface area contributed by atoms with Crippen molar-refractivity contribution in [2.45, 2.75) is 6.54 Å². The Morgan fingerprint density at radius 2 is 2.00 bits per heavy atom. The van der Waals surface area contributed by atoms with Crippen molar-refractivity contribution in [1.29, 1.82) is 0 Å². The molecule has 0 atom stereocenters. The van der Waals surface area contributed by atoms with Crippen LogP contribution in [-0.2, 0) is 6.54 Å². The molecule has 1 heterocycles. The molecule has 0 aliphatic rings. The lowest BCUT2D eigenvalue weighted by Gasteiger charge is -2.08. The SMILES string of the molecule is O=C(NCc1ccc(-n2ccnc2)cc1)c1ccc([N+](=O)[O-])cc1Cl. The Morgan fingerprint density at radius 3 is 2.60 bits per heavy atom. The third-order valence-electron chi connectivity index (χ3n) is 3.60. The number of carbonyl (C=O) groups is 1. The smallest absolute Gasteiger partial charge is 0.270 e. The average molecular weight is 357 g/mol. The minimum absolute atomic E-state index is 0.0437. The number of nitrogens with zero attached hydrogens (tertiary/aromatic N) is 3. The Balaban J connectivity index is 1.65. The average Bonchev–Trinajstić information content (AvgIpc) is 3.14. The van der Waals surface area contributed by atoms with Gasteiger partial charge < -0.3 is 9.88 Å². The molecular weight excluding hydrogens is 344 g/mol. The summed E-state index contributed by atoms with van der Waals surface area (Å²) in [6.45, 7) is 0.316. The topological polar surface area (TPSA) is 90.1 Å². The summed E-state index contributed by atoms with van der Waals surface area (Å²) in [5.74, 6) is -0.390. The van der Waals surface area contributed by atoms with Crippen LogP contribution < -0.4 is 5.32 Å². The van der Waals surface area contributed by atoms with Crippen LogP contribution in [-0.4, -0.2) is 20.4 Å². The van der Waals surface area contributed by atoms with Gasteiger partial charge in [-0.25, -0.2) is 4.98 Å². The molecule has 1 aromatic heterocycles. The van der Waals surface area contributed by atoms with E-state index in [4.69, 9.17) is 11.6 Å². The number of hydrogen-bond acceptors (Lipinski definition) is 4. The van der Waals surface area contributed by atoms with Gasteiger partial charge in [0.15, 0.2) is 0 Å². The van der Waals surface area contributed by atoms with Gasteiger partial charge in [0.25, 0.3) is 11.6 Å². The van der Waals surface area contributed by atoms with Crippen LogP contribution in [0.5, 0.6) is 0 Å². The van der Waals surface area contributed by atoms with E-state index in [0.717, 1.165) is 17.3 Å². The first kappa shape index (κ1) is 16.7. The summed E-state index contributed by atoms with van der Waals surface area (Å²) in [5, 5.41) is 13.5. The predicted octanol–water partition coefficient (Wildman–Crippen LogP) is 3.36. The number of nitro benzene ring substituents is 1. The molecule has 0 radical (unpaired) electrons. The molecule has 1 N–H and O–H groups in total. The molecule has 8 heteroatoms. The van der Waals surface area contributed by atoms with Crippen molar-refractivity contribution in [2.24, 2.45) is 0 Å². The lowest BCUT2D eigenvalue weighted by molar-refractivity contribution is -0.384. The Morgan fingerprint density at radius 1 is 1.24 bits per heavy atom. The number of non-ortho nitro benzene ring substituents is 1. The minimum Gasteiger partial charge on any atom is -0.348 e. The number of carbonyl (C=O) groups excluding carboxylic acids is 1. The second kappa shape index (κ2) is 7.14. The maximum atomic E-state index is 12.2.